The second kappa shape index (κ2) is 43.1. The quantitative estimate of drug-likeness (QED) is 0.0206. The number of hydrogen-bond acceptors (Lipinski definition) is 6. The van der Waals surface area contributed by atoms with E-state index in [-0.39, 0.29) is 44.0 Å². The van der Waals surface area contributed by atoms with E-state index in [0.29, 0.717) is 12.8 Å². The molecule has 0 aromatic carbocycles. The van der Waals surface area contributed by atoms with Gasteiger partial charge >= 0.3 is 17.9 Å². The van der Waals surface area contributed by atoms with Crippen LogP contribution in [0, 0.1) is 0 Å². The predicted molar refractivity (Wildman–Crippen MR) is 233 cm³/mol. The summed E-state index contributed by atoms with van der Waals surface area (Å²) in [6.45, 7) is 6.24. The van der Waals surface area contributed by atoms with Crippen molar-refractivity contribution in [1.29, 1.82) is 0 Å². The second-order valence-electron chi connectivity index (χ2n) is 13.9. The molecule has 6 heteroatoms. The maximum absolute atomic E-state index is 12.7. The molecule has 0 saturated carbocycles. The molecule has 0 spiro atoms. The maximum Gasteiger partial charge on any atom is 0.306 e. The molecule has 0 aliphatic rings. The molecule has 0 fully saturated rings. The minimum Gasteiger partial charge on any atom is -0.462 e. The molecular formula is C49H78O6. The molecule has 0 aliphatic carbocycles. The number of hydrogen-bond donors (Lipinski definition) is 0. The van der Waals surface area contributed by atoms with Gasteiger partial charge in [-0.15, -0.1) is 0 Å². The number of unbranched alkanes of at least 4 members (excludes halogenated alkanes) is 13. The molecular weight excluding hydrogens is 685 g/mol. The van der Waals surface area contributed by atoms with E-state index in [9.17, 15) is 14.4 Å². The standard InChI is InChI=1S/C49H78O6/c1-4-7-10-13-16-19-22-24-27-30-33-36-39-42-48(51)54-45-46(44-53-47(50)41-38-35-32-29-26-21-18-15-12-9-6-3)55-49(52)43-40-37-34-31-28-25-23-20-17-14-11-8-5-2/h7,9-10,12-13,16,18-19,21-22,24-25,27-29,32,46H,4-6,8,11,14-15,17,20,23,26,30-31,33-45H2,1-3H3/b10-7-,12-9-,16-13-,21-18-,22-19-,27-24-,28-25-,32-29-. The minimum absolute atomic E-state index is 0.122. The summed E-state index contributed by atoms with van der Waals surface area (Å²) in [5.74, 6) is -1.04. The number of rotatable bonds is 37. The van der Waals surface area contributed by atoms with E-state index in [1.165, 1.54) is 38.5 Å². The van der Waals surface area contributed by atoms with Crippen molar-refractivity contribution in [2.24, 2.45) is 0 Å². The number of esters is 3. The van der Waals surface area contributed by atoms with Gasteiger partial charge in [-0.05, 0) is 89.9 Å². The van der Waals surface area contributed by atoms with Crippen LogP contribution in [0.4, 0.5) is 0 Å². The summed E-state index contributed by atoms with van der Waals surface area (Å²) >= 11 is 0. The third-order valence-corrected chi connectivity index (χ3v) is 8.65. The average Bonchev–Trinajstić information content (AvgIpc) is 3.18. The smallest absolute Gasteiger partial charge is 0.306 e. The molecule has 1 atom stereocenters. The highest BCUT2D eigenvalue weighted by Crippen LogP contribution is 2.11. The lowest BCUT2D eigenvalue weighted by atomic mass is 10.1. The summed E-state index contributed by atoms with van der Waals surface area (Å²) < 4.78 is 16.6. The minimum atomic E-state index is -0.820. The van der Waals surface area contributed by atoms with Gasteiger partial charge in [0.2, 0.25) is 0 Å². The summed E-state index contributed by atoms with van der Waals surface area (Å²) in [4.78, 5) is 37.6. The lowest BCUT2D eigenvalue weighted by Gasteiger charge is -2.18. The van der Waals surface area contributed by atoms with Crippen LogP contribution in [0.1, 0.15) is 175 Å². The van der Waals surface area contributed by atoms with Gasteiger partial charge in [-0.25, -0.2) is 0 Å². The Kier molecular flexibility index (Phi) is 40.2. The topological polar surface area (TPSA) is 78.9 Å². The van der Waals surface area contributed by atoms with Crippen LogP contribution in [0.3, 0.4) is 0 Å². The van der Waals surface area contributed by atoms with Gasteiger partial charge in [-0.1, -0.05) is 163 Å². The Morgan fingerprint density at radius 3 is 1.42 bits per heavy atom. The molecule has 0 aliphatic heterocycles. The van der Waals surface area contributed by atoms with Crippen LogP contribution < -0.4 is 0 Å². The van der Waals surface area contributed by atoms with Crippen molar-refractivity contribution in [3.05, 3.63) is 97.2 Å². The monoisotopic (exact) mass is 763 g/mol. The zero-order valence-corrected chi connectivity index (χ0v) is 35.1. The Labute approximate surface area is 337 Å². The van der Waals surface area contributed by atoms with Crippen molar-refractivity contribution in [2.75, 3.05) is 13.2 Å². The van der Waals surface area contributed by atoms with Gasteiger partial charge in [0.25, 0.3) is 0 Å². The first-order valence-corrected chi connectivity index (χ1v) is 21.8. The summed E-state index contributed by atoms with van der Waals surface area (Å²) in [5.41, 5.74) is 0. The van der Waals surface area contributed by atoms with Gasteiger partial charge in [0.15, 0.2) is 6.10 Å². The molecule has 55 heavy (non-hydrogen) atoms. The summed E-state index contributed by atoms with van der Waals surface area (Å²) in [6, 6.07) is 0. The summed E-state index contributed by atoms with van der Waals surface area (Å²) in [7, 11) is 0. The molecule has 0 aromatic heterocycles. The number of allylic oxidation sites excluding steroid dienone is 16. The molecule has 0 rings (SSSR count). The van der Waals surface area contributed by atoms with E-state index < -0.39 is 6.10 Å². The number of ether oxygens (including phenoxy) is 3. The van der Waals surface area contributed by atoms with Crippen molar-refractivity contribution in [1.82, 2.24) is 0 Å². The molecule has 0 bridgehead atoms. The molecule has 0 N–H and O–H groups in total. The van der Waals surface area contributed by atoms with E-state index in [2.05, 4.69) is 81.5 Å². The Morgan fingerprint density at radius 1 is 0.400 bits per heavy atom. The van der Waals surface area contributed by atoms with Crippen molar-refractivity contribution >= 4 is 17.9 Å². The van der Waals surface area contributed by atoms with Gasteiger partial charge in [-0.2, -0.15) is 0 Å². The van der Waals surface area contributed by atoms with E-state index in [0.717, 1.165) is 89.9 Å². The van der Waals surface area contributed by atoms with Gasteiger partial charge in [-0.3, -0.25) is 14.4 Å². The highest BCUT2D eigenvalue weighted by atomic mass is 16.6. The predicted octanol–water partition coefficient (Wildman–Crippen LogP) is 13.9. The highest BCUT2D eigenvalue weighted by molar-refractivity contribution is 5.71. The fraction of sp³-hybridized carbons (Fsp3) is 0.612. The van der Waals surface area contributed by atoms with Gasteiger partial charge in [0, 0.05) is 19.3 Å². The second-order valence-corrected chi connectivity index (χ2v) is 13.9. The van der Waals surface area contributed by atoms with E-state index >= 15 is 0 Å². The van der Waals surface area contributed by atoms with Crippen molar-refractivity contribution in [2.45, 2.75) is 181 Å². The first kappa shape index (κ1) is 51.3. The summed E-state index contributed by atoms with van der Waals surface area (Å²) in [5, 5.41) is 0. The van der Waals surface area contributed by atoms with Gasteiger partial charge in [0.1, 0.15) is 13.2 Å². The fourth-order valence-electron chi connectivity index (χ4n) is 5.41. The molecule has 1 unspecified atom stereocenters. The zero-order chi connectivity index (χ0) is 40.1. The Hall–Kier alpha value is -3.67. The molecule has 310 valence electrons. The molecule has 6 nitrogen and oxygen atoms in total. The van der Waals surface area contributed by atoms with Crippen LogP contribution >= 0.6 is 0 Å². The first-order valence-electron chi connectivity index (χ1n) is 21.8. The first-order chi connectivity index (χ1) is 27.0. The maximum atomic E-state index is 12.7. The van der Waals surface area contributed by atoms with Crippen LogP contribution in [-0.4, -0.2) is 37.2 Å². The number of carbonyl (C=O) groups excluding carboxylic acids is 3. The Bertz CT molecular complexity index is 1150. The van der Waals surface area contributed by atoms with E-state index in [4.69, 9.17) is 14.2 Å². The fourth-order valence-corrected chi connectivity index (χ4v) is 5.41. The molecule has 0 heterocycles. The van der Waals surface area contributed by atoms with Gasteiger partial charge in [0.05, 0.1) is 0 Å². The van der Waals surface area contributed by atoms with Crippen LogP contribution in [-0.2, 0) is 28.6 Å². The molecule has 0 saturated heterocycles. The number of carbonyl (C=O) groups is 3. The third-order valence-electron chi connectivity index (χ3n) is 8.65. The zero-order valence-electron chi connectivity index (χ0n) is 35.1. The molecule has 0 radical (unpaired) electrons. The largest absolute Gasteiger partial charge is 0.462 e. The summed E-state index contributed by atoms with van der Waals surface area (Å²) in [6.07, 6.45) is 55.4. The lowest BCUT2D eigenvalue weighted by Crippen LogP contribution is -2.30. The third kappa shape index (κ3) is 41.3. The van der Waals surface area contributed by atoms with Gasteiger partial charge < -0.3 is 14.2 Å². The normalized spacial score (nSPS) is 13.0. The average molecular weight is 763 g/mol. The van der Waals surface area contributed by atoms with Crippen molar-refractivity contribution in [3.63, 3.8) is 0 Å². The highest BCUT2D eigenvalue weighted by Gasteiger charge is 2.19. The van der Waals surface area contributed by atoms with Crippen LogP contribution in [0.5, 0.6) is 0 Å². The Balaban J connectivity index is 4.56. The Morgan fingerprint density at radius 2 is 0.818 bits per heavy atom. The van der Waals surface area contributed by atoms with Crippen molar-refractivity contribution < 1.29 is 28.6 Å². The van der Waals surface area contributed by atoms with E-state index in [1.807, 2.05) is 36.5 Å². The lowest BCUT2D eigenvalue weighted by molar-refractivity contribution is -0.167. The van der Waals surface area contributed by atoms with Crippen LogP contribution in [0.15, 0.2) is 97.2 Å². The van der Waals surface area contributed by atoms with E-state index in [1.54, 1.807) is 0 Å². The molecule has 0 amide bonds. The SMILES string of the molecule is CC\C=C/C=C\C=C/C=C\CCCCCC(=O)OCC(COC(=O)CCC/C=C\C/C=C\C/C=C\CC)OC(=O)CCCCC/C=C\CCCCCCCC. The van der Waals surface area contributed by atoms with Crippen LogP contribution in [0.25, 0.3) is 0 Å². The van der Waals surface area contributed by atoms with Crippen molar-refractivity contribution in [3.8, 4) is 0 Å². The van der Waals surface area contributed by atoms with Crippen LogP contribution in [0.2, 0.25) is 0 Å². The molecule has 0 aromatic rings.